The van der Waals surface area contributed by atoms with E-state index in [1.54, 1.807) is 6.92 Å². The second kappa shape index (κ2) is 17.4. The molecule has 9 heteroatoms. The van der Waals surface area contributed by atoms with Gasteiger partial charge in [-0.15, -0.1) is 24.0 Å². The molecule has 1 heterocycles. The van der Waals surface area contributed by atoms with Crippen molar-refractivity contribution in [1.82, 2.24) is 20.9 Å². The Bertz CT molecular complexity index is 517. The summed E-state index contributed by atoms with van der Waals surface area (Å²) in [6.45, 7) is 12.1. The van der Waals surface area contributed by atoms with Crippen LogP contribution in [0.4, 0.5) is 4.79 Å². The quantitative estimate of drug-likeness (QED) is 0.162. The first-order chi connectivity index (χ1) is 14.0. The van der Waals surface area contributed by atoms with Gasteiger partial charge in [0.1, 0.15) is 0 Å². The van der Waals surface area contributed by atoms with Gasteiger partial charge in [-0.1, -0.05) is 20.3 Å². The molecular formula is C21H42IN5O3. The molecule has 1 fully saturated rings. The minimum atomic E-state index is -0.395. The molecule has 0 aromatic rings. The molecule has 30 heavy (non-hydrogen) atoms. The number of hydrogen-bond donors (Lipinski definition) is 3. The summed E-state index contributed by atoms with van der Waals surface area (Å²) in [5.74, 6) is 1.46. The predicted octanol–water partition coefficient (Wildman–Crippen LogP) is 3.11. The minimum absolute atomic E-state index is 0. The van der Waals surface area contributed by atoms with Crippen molar-refractivity contribution in [2.45, 2.75) is 72.3 Å². The summed E-state index contributed by atoms with van der Waals surface area (Å²) >= 11 is 0. The molecule has 2 amide bonds. The van der Waals surface area contributed by atoms with E-state index in [2.05, 4.69) is 34.8 Å². The molecule has 0 aromatic heterocycles. The molecule has 0 aliphatic carbocycles. The number of amides is 2. The first kappa shape index (κ1) is 28.7. The van der Waals surface area contributed by atoms with Crippen molar-refractivity contribution >= 4 is 41.9 Å². The molecule has 176 valence electrons. The van der Waals surface area contributed by atoms with E-state index >= 15 is 0 Å². The molecule has 1 unspecified atom stereocenters. The maximum atomic E-state index is 12.1. The summed E-state index contributed by atoms with van der Waals surface area (Å²) in [4.78, 5) is 30.5. The summed E-state index contributed by atoms with van der Waals surface area (Å²) in [6, 6.07) is -0.0702. The summed E-state index contributed by atoms with van der Waals surface area (Å²) < 4.78 is 5.00. The zero-order chi connectivity index (χ0) is 21.5. The third kappa shape index (κ3) is 13.1. The van der Waals surface area contributed by atoms with Crippen LogP contribution in [-0.2, 0) is 9.53 Å². The number of alkyl carbamates (subject to hydrolysis) is 1. The fourth-order valence-electron chi connectivity index (χ4n) is 3.38. The molecule has 0 bridgehead atoms. The van der Waals surface area contributed by atoms with Gasteiger partial charge in [0, 0.05) is 32.6 Å². The molecule has 0 spiro atoms. The highest BCUT2D eigenvalue weighted by molar-refractivity contribution is 14.0. The molecule has 0 radical (unpaired) electrons. The van der Waals surface area contributed by atoms with Crippen molar-refractivity contribution in [2.75, 3.05) is 39.3 Å². The largest absolute Gasteiger partial charge is 0.450 e. The number of rotatable bonds is 11. The highest BCUT2D eigenvalue weighted by atomic mass is 127. The molecule has 1 saturated heterocycles. The lowest BCUT2D eigenvalue weighted by Gasteiger charge is -2.21. The van der Waals surface area contributed by atoms with Crippen molar-refractivity contribution in [3.05, 3.63) is 0 Å². The minimum Gasteiger partial charge on any atom is -0.450 e. The lowest BCUT2D eigenvalue weighted by atomic mass is 10.0. The Morgan fingerprint density at radius 3 is 2.63 bits per heavy atom. The van der Waals surface area contributed by atoms with Crippen LogP contribution in [0.5, 0.6) is 0 Å². The zero-order valence-electron chi connectivity index (χ0n) is 19.2. The Balaban J connectivity index is 0.00000841. The normalized spacial score (nSPS) is 15.8. The van der Waals surface area contributed by atoms with E-state index in [1.807, 2.05) is 11.8 Å². The second-order valence-electron chi connectivity index (χ2n) is 7.88. The summed E-state index contributed by atoms with van der Waals surface area (Å²) in [5, 5.41) is 9.48. The van der Waals surface area contributed by atoms with Crippen LogP contribution < -0.4 is 16.0 Å². The number of halogens is 1. The molecule has 8 nitrogen and oxygen atoms in total. The molecule has 0 aromatic carbocycles. The fourth-order valence-corrected chi connectivity index (χ4v) is 3.38. The van der Waals surface area contributed by atoms with Crippen LogP contribution in [0.1, 0.15) is 66.2 Å². The van der Waals surface area contributed by atoms with Gasteiger partial charge in [-0.25, -0.2) is 4.79 Å². The van der Waals surface area contributed by atoms with E-state index in [0.29, 0.717) is 25.5 Å². The summed E-state index contributed by atoms with van der Waals surface area (Å²) in [5.41, 5.74) is 0. The van der Waals surface area contributed by atoms with E-state index in [0.717, 1.165) is 64.2 Å². The lowest BCUT2D eigenvalue weighted by molar-refractivity contribution is -0.130. The van der Waals surface area contributed by atoms with Gasteiger partial charge >= 0.3 is 6.09 Å². The smallest absolute Gasteiger partial charge is 0.407 e. The molecule has 1 aliphatic rings. The van der Waals surface area contributed by atoms with Crippen molar-refractivity contribution < 1.29 is 14.3 Å². The number of aliphatic imine (C=N–C) groups is 1. The molecule has 1 aliphatic heterocycles. The first-order valence-corrected chi connectivity index (χ1v) is 11.2. The number of nitrogens with zero attached hydrogens (tertiary/aromatic N) is 2. The van der Waals surface area contributed by atoms with Crippen molar-refractivity contribution in [3.63, 3.8) is 0 Å². The lowest BCUT2D eigenvalue weighted by Crippen LogP contribution is -2.42. The van der Waals surface area contributed by atoms with E-state index < -0.39 is 6.09 Å². The van der Waals surface area contributed by atoms with Gasteiger partial charge in [0.05, 0.1) is 19.2 Å². The van der Waals surface area contributed by atoms with Gasteiger partial charge in [0.15, 0.2) is 5.96 Å². The number of carbonyl (C=O) groups excluding carboxylic acids is 2. The fraction of sp³-hybridized carbons (Fsp3) is 0.857. The van der Waals surface area contributed by atoms with E-state index in [9.17, 15) is 9.59 Å². The molecule has 0 saturated carbocycles. The zero-order valence-corrected chi connectivity index (χ0v) is 21.5. The first-order valence-electron chi connectivity index (χ1n) is 11.2. The Labute approximate surface area is 199 Å². The highest BCUT2D eigenvalue weighted by Gasteiger charge is 2.16. The number of hydrogen-bond acceptors (Lipinski definition) is 4. The van der Waals surface area contributed by atoms with E-state index in [1.165, 1.54) is 0 Å². The number of likely N-dealkylation sites (tertiary alicyclic amines) is 1. The molecular weight excluding hydrogens is 497 g/mol. The van der Waals surface area contributed by atoms with Crippen LogP contribution in [-0.4, -0.2) is 68.2 Å². The molecule has 3 N–H and O–H groups in total. The van der Waals surface area contributed by atoms with Gasteiger partial charge in [-0.3, -0.25) is 9.79 Å². The molecule has 1 rings (SSSR count). The van der Waals surface area contributed by atoms with Crippen LogP contribution in [0.3, 0.4) is 0 Å². The van der Waals surface area contributed by atoms with Gasteiger partial charge < -0.3 is 25.6 Å². The molecule has 1 atom stereocenters. The topological polar surface area (TPSA) is 95.1 Å². The van der Waals surface area contributed by atoms with Crippen molar-refractivity contribution in [2.24, 2.45) is 10.9 Å². The predicted molar refractivity (Wildman–Crippen MR) is 132 cm³/mol. The van der Waals surface area contributed by atoms with Crippen LogP contribution in [0.25, 0.3) is 0 Å². The Hall–Kier alpha value is -1.26. The summed E-state index contributed by atoms with van der Waals surface area (Å²) in [6.07, 6.45) is 5.27. The highest BCUT2D eigenvalue weighted by Crippen LogP contribution is 2.11. The van der Waals surface area contributed by atoms with Crippen molar-refractivity contribution in [3.8, 4) is 0 Å². The number of ether oxygens (including phenoxy) is 1. The van der Waals surface area contributed by atoms with Crippen LogP contribution in [0, 0.1) is 5.92 Å². The maximum Gasteiger partial charge on any atom is 0.407 e. The Kier molecular flexibility index (Phi) is 16.7. The van der Waals surface area contributed by atoms with E-state index in [-0.39, 0.29) is 35.9 Å². The number of nitrogens with one attached hydrogen (secondary N) is 3. The third-order valence-corrected chi connectivity index (χ3v) is 4.74. The van der Waals surface area contributed by atoms with Crippen molar-refractivity contribution in [1.29, 1.82) is 0 Å². The second-order valence-corrected chi connectivity index (χ2v) is 7.88. The average molecular weight is 540 g/mol. The standard InChI is InChI=1S/C21H41N5O3.HI/c1-5-22-20(23-12-10-14-26-13-9-7-8-11-19(26)27)24-16-18(15-17(3)4)25-21(28)29-6-2;/h17-18H,5-16H2,1-4H3,(H,25,28)(H2,22,23,24);1H. The number of carbonyl (C=O) groups is 2. The maximum absolute atomic E-state index is 12.1. The summed E-state index contributed by atoms with van der Waals surface area (Å²) in [7, 11) is 0. The Morgan fingerprint density at radius 2 is 1.97 bits per heavy atom. The van der Waals surface area contributed by atoms with Gasteiger partial charge in [-0.2, -0.15) is 0 Å². The number of guanidine groups is 1. The van der Waals surface area contributed by atoms with Crippen LogP contribution in [0.2, 0.25) is 0 Å². The monoisotopic (exact) mass is 539 g/mol. The van der Waals surface area contributed by atoms with Gasteiger partial charge in [0.2, 0.25) is 5.91 Å². The average Bonchev–Trinajstić information content (AvgIpc) is 2.86. The van der Waals surface area contributed by atoms with Gasteiger partial charge in [-0.05, 0) is 45.4 Å². The van der Waals surface area contributed by atoms with E-state index in [4.69, 9.17) is 4.74 Å². The Morgan fingerprint density at radius 1 is 1.20 bits per heavy atom. The van der Waals surface area contributed by atoms with Crippen LogP contribution >= 0.6 is 24.0 Å². The SMILES string of the molecule is CCNC(=NCC(CC(C)C)NC(=O)OCC)NCCCN1CCCCCC1=O.I. The van der Waals surface area contributed by atoms with Crippen LogP contribution in [0.15, 0.2) is 4.99 Å². The third-order valence-electron chi connectivity index (χ3n) is 4.74. The van der Waals surface area contributed by atoms with Gasteiger partial charge in [0.25, 0.3) is 0 Å².